The zero-order chi connectivity index (χ0) is 22.2. The van der Waals surface area contributed by atoms with Crippen molar-refractivity contribution in [2.45, 2.75) is 38.1 Å². The van der Waals surface area contributed by atoms with E-state index in [0.717, 1.165) is 19.5 Å². The highest BCUT2D eigenvalue weighted by Crippen LogP contribution is 2.23. The minimum atomic E-state index is -0.868. The van der Waals surface area contributed by atoms with Crippen molar-refractivity contribution in [3.05, 3.63) is 59.2 Å². The number of rotatable bonds is 6. The molecule has 2 aliphatic rings. The Morgan fingerprint density at radius 2 is 2.09 bits per heavy atom. The molecule has 0 radical (unpaired) electrons. The number of aliphatic hydroxyl groups is 1. The Morgan fingerprint density at radius 3 is 2.84 bits per heavy atom. The van der Waals surface area contributed by atoms with Crippen molar-refractivity contribution in [1.29, 1.82) is 0 Å². The molecule has 8 nitrogen and oxygen atoms in total. The number of anilines is 1. The number of hydrogen-bond donors (Lipinski definition) is 2. The van der Waals surface area contributed by atoms with E-state index in [2.05, 4.69) is 33.1 Å². The summed E-state index contributed by atoms with van der Waals surface area (Å²) in [6.07, 6.45) is 3.40. The van der Waals surface area contributed by atoms with Crippen LogP contribution in [0, 0.1) is 0 Å². The number of benzene rings is 1. The van der Waals surface area contributed by atoms with Crippen LogP contribution in [0.1, 0.15) is 33.7 Å². The lowest BCUT2D eigenvalue weighted by atomic mass is 9.99. The molecule has 1 aromatic carbocycles. The Kier molecular flexibility index (Phi) is 5.52. The van der Waals surface area contributed by atoms with E-state index >= 15 is 0 Å². The van der Waals surface area contributed by atoms with E-state index in [0.29, 0.717) is 43.2 Å². The monoisotopic (exact) mass is 438 g/mol. The number of primary amides is 1. The van der Waals surface area contributed by atoms with Gasteiger partial charge in [0.15, 0.2) is 5.65 Å². The van der Waals surface area contributed by atoms with Crippen molar-refractivity contribution in [3.8, 4) is 0 Å². The fourth-order valence-corrected chi connectivity index (χ4v) is 4.77. The van der Waals surface area contributed by atoms with Gasteiger partial charge >= 0.3 is 0 Å². The molecule has 1 amide bonds. The van der Waals surface area contributed by atoms with Gasteiger partial charge in [0.25, 0.3) is 5.91 Å². The SMILES string of the molecule is NC(=O)c1nc2cnc(N3CCC(F)C3)cn2c1C[C@H](O)CN1CCc2ccccc2C1. The minimum Gasteiger partial charge on any atom is -0.391 e. The lowest BCUT2D eigenvalue weighted by Crippen LogP contribution is -2.37. The van der Waals surface area contributed by atoms with Gasteiger partial charge in [-0.05, 0) is 24.0 Å². The first-order valence-corrected chi connectivity index (χ1v) is 11.0. The quantitative estimate of drug-likeness (QED) is 0.603. The highest BCUT2D eigenvalue weighted by atomic mass is 19.1. The second kappa shape index (κ2) is 8.48. The molecule has 32 heavy (non-hydrogen) atoms. The van der Waals surface area contributed by atoms with Crippen LogP contribution in [-0.2, 0) is 19.4 Å². The summed E-state index contributed by atoms with van der Waals surface area (Å²) in [4.78, 5) is 24.9. The highest BCUT2D eigenvalue weighted by molar-refractivity contribution is 5.93. The third-order valence-corrected chi connectivity index (χ3v) is 6.39. The molecular weight excluding hydrogens is 411 g/mol. The molecule has 3 aromatic rings. The van der Waals surface area contributed by atoms with Crippen LogP contribution in [0.2, 0.25) is 0 Å². The van der Waals surface area contributed by atoms with E-state index in [1.807, 2.05) is 11.0 Å². The van der Waals surface area contributed by atoms with E-state index < -0.39 is 18.2 Å². The second-order valence-electron chi connectivity index (χ2n) is 8.69. The zero-order valence-corrected chi connectivity index (χ0v) is 17.8. The van der Waals surface area contributed by atoms with Gasteiger partial charge in [0.1, 0.15) is 17.7 Å². The van der Waals surface area contributed by atoms with Gasteiger partial charge in [-0.25, -0.2) is 14.4 Å². The largest absolute Gasteiger partial charge is 0.391 e. The molecule has 2 atom stereocenters. The maximum Gasteiger partial charge on any atom is 0.269 e. The van der Waals surface area contributed by atoms with Crippen molar-refractivity contribution >= 4 is 17.4 Å². The van der Waals surface area contributed by atoms with Crippen LogP contribution in [0.4, 0.5) is 10.2 Å². The summed E-state index contributed by atoms with van der Waals surface area (Å²) in [6, 6.07) is 8.36. The van der Waals surface area contributed by atoms with Gasteiger partial charge < -0.3 is 15.7 Å². The fourth-order valence-electron chi connectivity index (χ4n) is 4.77. The third kappa shape index (κ3) is 4.05. The maximum atomic E-state index is 13.7. The van der Waals surface area contributed by atoms with Crippen LogP contribution < -0.4 is 10.6 Å². The molecule has 168 valence electrons. The number of nitrogens with two attached hydrogens (primary N) is 1. The molecular formula is C23H27FN6O2. The number of halogens is 1. The number of nitrogens with zero attached hydrogens (tertiary/aromatic N) is 5. The van der Waals surface area contributed by atoms with Crippen LogP contribution in [0.15, 0.2) is 36.7 Å². The van der Waals surface area contributed by atoms with Crippen molar-refractivity contribution in [2.24, 2.45) is 5.73 Å². The average molecular weight is 439 g/mol. The van der Waals surface area contributed by atoms with Gasteiger partial charge in [0.2, 0.25) is 0 Å². The second-order valence-corrected chi connectivity index (χ2v) is 8.69. The van der Waals surface area contributed by atoms with Gasteiger partial charge in [-0.1, -0.05) is 24.3 Å². The molecule has 5 rings (SSSR count). The van der Waals surface area contributed by atoms with Crippen LogP contribution in [0.25, 0.3) is 5.65 Å². The zero-order valence-electron chi connectivity index (χ0n) is 17.8. The van der Waals surface area contributed by atoms with Crippen LogP contribution >= 0.6 is 0 Å². The van der Waals surface area contributed by atoms with Gasteiger partial charge in [-0.2, -0.15) is 0 Å². The molecule has 2 aliphatic heterocycles. The Labute approximate surface area is 185 Å². The molecule has 0 saturated carbocycles. The van der Waals surface area contributed by atoms with Gasteiger partial charge in [0.05, 0.1) is 30.7 Å². The lowest BCUT2D eigenvalue weighted by Gasteiger charge is -2.30. The number of carbonyl (C=O) groups excluding carboxylic acids is 1. The van der Waals surface area contributed by atoms with Gasteiger partial charge in [0, 0.05) is 32.6 Å². The van der Waals surface area contributed by atoms with E-state index in [9.17, 15) is 14.3 Å². The summed E-state index contributed by atoms with van der Waals surface area (Å²) in [7, 11) is 0. The molecule has 1 fully saturated rings. The number of carbonyl (C=O) groups is 1. The van der Waals surface area contributed by atoms with Gasteiger partial charge in [-0.3, -0.25) is 14.1 Å². The van der Waals surface area contributed by atoms with Crippen molar-refractivity contribution in [3.63, 3.8) is 0 Å². The smallest absolute Gasteiger partial charge is 0.269 e. The van der Waals surface area contributed by atoms with Crippen molar-refractivity contribution in [2.75, 3.05) is 31.1 Å². The molecule has 4 heterocycles. The van der Waals surface area contributed by atoms with E-state index in [1.165, 1.54) is 11.1 Å². The van der Waals surface area contributed by atoms with Crippen LogP contribution in [-0.4, -0.2) is 68.7 Å². The summed E-state index contributed by atoms with van der Waals surface area (Å²) in [5.74, 6) is -0.0243. The normalized spacial score (nSPS) is 19.9. The highest BCUT2D eigenvalue weighted by Gasteiger charge is 2.26. The summed E-state index contributed by atoms with van der Waals surface area (Å²) >= 11 is 0. The van der Waals surface area contributed by atoms with E-state index in [-0.39, 0.29) is 12.1 Å². The summed E-state index contributed by atoms with van der Waals surface area (Å²) in [5.41, 5.74) is 9.39. The standard InChI is InChI=1S/C23H27FN6O2/c24-17-6-8-29(12-17)21-14-30-19(22(23(25)32)27-20(30)10-26-21)9-18(31)13-28-7-5-15-3-1-2-4-16(15)11-28/h1-4,10,14,17-18,31H,5-9,11-13H2,(H2,25,32)/t17?,18-/m0/s1. The Morgan fingerprint density at radius 1 is 1.28 bits per heavy atom. The van der Waals surface area contributed by atoms with E-state index in [1.54, 1.807) is 16.8 Å². The number of fused-ring (bicyclic) bond motifs is 2. The van der Waals surface area contributed by atoms with Crippen molar-refractivity contribution < 1.29 is 14.3 Å². The Hall–Kier alpha value is -3.04. The number of imidazole rings is 1. The van der Waals surface area contributed by atoms with E-state index in [4.69, 9.17) is 5.73 Å². The third-order valence-electron chi connectivity index (χ3n) is 6.39. The van der Waals surface area contributed by atoms with Crippen molar-refractivity contribution in [1.82, 2.24) is 19.3 Å². The number of aliphatic hydroxyl groups excluding tert-OH is 1. The lowest BCUT2D eigenvalue weighted by molar-refractivity contribution is 0.0983. The summed E-state index contributed by atoms with van der Waals surface area (Å²) < 4.78 is 15.4. The van der Waals surface area contributed by atoms with Crippen LogP contribution in [0.3, 0.4) is 0 Å². The molecule has 1 unspecified atom stereocenters. The average Bonchev–Trinajstić information content (AvgIpc) is 3.37. The fraction of sp³-hybridized carbons (Fsp3) is 0.435. The first-order valence-electron chi connectivity index (χ1n) is 11.0. The molecule has 9 heteroatoms. The molecule has 0 spiro atoms. The first kappa shape index (κ1) is 20.8. The predicted octanol–water partition coefficient (Wildman–Crippen LogP) is 1.34. The molecule has 1 saturated heterocycles. The number of β-amino-alcohol motifs (C(OH)–C–C–N with tert-alkyl or cyclic N) is 1. The maximum absolute atomic E-state index is 13.7. The molecule has 0 bridgehead atoms. The Balaban J connectivity index is 1.37. The first-order chi connectivity index (χ1) is 15.5. The molecule has 3 N–H and O–H groups in total. The molecule has 0 aliphatic carbocycles. The minimum absolute atomic E-state index is 0.136. The topological polar surface area (TPSA) is 100.0 Å². The number of hydrogen-bond acceptors (Lipinski definition) is 6. The Bertz CT molecular complexity index is 1150. The number of aromatic nitrogens is 3. The summed E-state index contributed by atoms with van der Waals surface area (Å²) in [5, 5.41) is 10.9. The van der Waals surface area contributed by atoms with Crippen LogP contribution in [0.5, 0.6) is 0 Å². The summed E-state index contributed by atoms with van der Waals surface area (Å²) in [6.45, 7) is 3.02. The number of amides is 1. The number of alkyl halides is 1. The van der Waals surface area contributed by atoms with Gasteiger partial charge in [-0.15, -0.1) is 0 Å². The predicted molar refractivity (Wildman–Crippen MR) is 118 cm³/mol. The molecule has 2 aromatic heterocycles.